The SMILES string of the molecule is CCNC(=O)C1=CCCCC1. The van der Waals surface area contributed by atoms with Crippen molar-refractivity contribution in [2.75, 3.05) is 6.54 Å². The largest absolute Gasteiger partial charge is 0.353 e. The monoisotopic (exact) mass is 153 g/mol. The van der Waals surface area contributed by atoms with Gasteiger partial charge in [0.1, 0.15) is 0 Å². The molecule has 1 rings (SSSR count). The Morgan fingerprint density at radius 1 is 1.64 bits per heavy atom. The molecule has 0 unspecified atom stereocenters. The Hall–Kier alpha value is -0.790. The minimum Gasteiger partial charge on any atom is -0.353 e. The van der Waals surface area contributed by atoms with Crippen molar-refractivity contribution < 1.29 is 4.79 Å². The number of hydrogen-bond acceptors (Lipinski definition) is 1. The van der Waals surface area contributed by atoms with E-state index in [-0.39, 0.29) is 5.91 Å². The molecule has 62 valence electrons. The molecule has 0 heterocycles. The van der Waals surface area contributed by atoms with Crippen molar-refractivity contribution in [3.63, 3.8) is 0 Å². The van der Waals surface area contributed by atoms with Crippen molar-refractivity contribution >= 4 is 5.91 Å². The molecule has 2 heteroatoms. The molecule has 0 aliphatic heterocycles. The topological polar surface area (TPSA) is 29.1 Å². The summed E-state index contributed by atoms with van der Waals surface area (Å²) in [5, 5.41) is 2.81. The van der Waals surface area contributed by atoms with Gasteiger partial charge in [0.25, 0.3) is 0 Å². The van der Waals surface area contributed by atoms with Crippen LogP contribution in [0.4, 0.5) is 0 Å². The molecule has 0 saturated heterocycles. The van der Waals surface area contributed by atoms with Crippen LogP contribution in [0.1, 0.15) is 32.6 Å². The highest BCUT2D eigenvalue weighted by Gasteiger charge is 2.09. The minimum absolute atomic E-state index is 0.132. The number of allylic oxidation sites excluding steroid dienone is 1. The maximum atomic E-state index is 11.2. The molecule has 0 aromatic rings. The summed E-state index contributed by atoms with van der Waals surface area (Å²) in [4.78, 5) is 11.2. The maximum absolute atomic E-state index is 11.2. The van der Waals surface area contributed by atoms with Crippen LogP contribution in [0.15, 0.2) is 11.6 Å². The molecule has 0 atom stereocenters. The molecule has 1 amide bonds. The van der Waals surface area contributed by atoms with Gasteiger partial charge in [-0.05, 0) is 32.6 Å². The zero-order valence-electron chi connectivity index (χ0n) is 7.02. The Bertz CT molecular complexity index is 172. The lowest BCUT2D eigenvalue weighted by Crippen LogP contribution is -2.25. The van der Waals surface area contributed by atoms with Crippen LogP contribution in [0.25, 0.3) is 0 Å². The number of carbonyl (C=O) groups is 1. The number of amides is 1. The van der Waals surface area contributed by atoms with E-state index in [1.807, 2.05) is 6.92 Å². The fraction of sp³-hybridized carbons (Fsp3) is 0.667. The summed E-state index contributed by atoms with van der Waals surface area (Å²) in [6.07, 6.45) is 6.51. The molecule has 1 aliphatic rings. The molecular weight excluding hydrogens is 138 g/mol. The van der Waals surface area contributed by atoms with Crippen LogP contribution in [-0.2, 0) is 4.79 Å². The first-order valence-corrected chi connectivity index (χ1v) is 4.32. The third-order valence-corrected chi connectivity index (χ3v) is 1.92. The highest BCUT2D eigenvalue weighted by molar-refractivity contribution is 5.93. The first-order chi connectivity index (χ1) is 5.34. The first-order valence-electron chi connectivity index (χ1n) is 4.32. The van der Waals surface area contributed by atoms with Gasteiger partial charge in [-0.1, -0.05) is 6.08 Å². The van der Waals surface area contributed by atoms with Crippen LogP contribution in [-0.4, -0.2) is 12.5 Å². The first kappa shape index (κ1) is 8.31. The zero-order valence-corrected chi connectivity index (χ0v) is 7.02. The Labute approximate surface area is 67.7 Å². The van der Waals surface area contributed by atoms with E-state index in [1.165, 1.54) is 12.8 Å². The quantitative estimate of drug-likeness (QED) is 0.641. The van der Waals surface area contributed by atoms with Gasteiger partial charge >= 0.3 is 0 Å². The molecule has 0 saturated carbocycles. The Morgan fingerprint density at radius 3 is 3.00 bits per heavy atom. The number of hydrogen-bond donors (Lipinski definition) is 1. The van der Waals surface area contributed by atoms with Crippen molar-refractivity contribution in [3.05, 3.63) is 11.6 Å². The van der Waals surface area contributed by atoms with Gasteiger partial charge in [0, 0.05) is 12.1 Å². The molecular formula is C9H15NO. The van der Waals surface area contributed by atoms with Crippen LogP contribution in [0.2, 0.25) is 0 Å². The molecule has 0 fully saturated rings. The third kappa shape index (κ3) is 2.37. The van der Waals surface area contributed by atoms with E-state index >= 15 is 0 Å². The number of nitrogens with one attached hydrogen (secondary N) is 1. The van der Waals surface area contributed by atoms with Gasteiger partial charge in [-0.2, -0.15) is 0 Å². The van der Waals surface area contributed by atoms with Gasteiger partial charge < -0.3 is 5.32 Å². The highest BCUT2D eigenvalue weighted by atomic mass is 16.1. The summed E-state index contributed by atoms with van der Waals surface area (Å²) in [7, 11) is 0. The van der Waals surface area contributed by atoms with Crippen molar-refractivity contribution in [2.24, 2.45) is 0 Å². The van der Waals surface area contributed by atoms with Crippen molar-refractivity contribution in [3.8, 4) is 0 Å². The van der Waals surface area contributed by atoms with Gasteiger partial charge in [-0.15, -0.1) is 0 Å². The molecule has 0 radical (unpaired) electrons. The summed E-state index contributed by atoms with van der Waals surface area (Å²) in [6, 6.07) is 0. The summed E-state index contributed by atoms with van der Waals surface area (Å²) >= 11 is 0. The molecule has 0 bridgehead atoms. The number of rotatable bonds is 2. The third-order valence-electron chi connectivity index (χ3n) is 1.92. The van der Waals surface area contributed by atoms with Gasteiger partial charge in [0.2, 0.25) is 5.91 Å². The fourth-order valence-electron chi connectivity index (χ4n) is 1.32. The van der Waals surface area contributed by atoms with Crippen LogP contribution in [0.5, 0.6) is 0 Å². The summed E-state index contributed by atoms with van der Waals surface area (Å²) in [5.41, 5.74) is 0.984. The van der Waals surface area contributed by atoms with Crippen molar-refractivity contribution in [1.82, 2.24) is 5.32 Å². The summed E-state index contributed by atoms with van der Waals surface area (Å²) in [5.74, 6) is 0.132. The molecule has 1 N–H and O–H groups in total. The van der Waals surface area contributed by atoms with Crippen molar-refractivity contribution in [1.29, 1.82) is 0 Å². The van der Waals surface area contributed by atoms with E-state index in [2.05, 4.69) is 11.4 Å². The standard InChI is InChI=1S/C9H15NO/c1-2-10-9(11)8-6-4-3-5-7-8/h6H,2-5,7H2,1H3,(H,10,11). The van der Waals surface area contributed by atoms with E-state index in [1.54, 1.807) is 0 Å². The molecule has 0 aromatic carbocycles. The second-order valence-electron chi connectivity index (χ2n) is 2.83. The number of likely N-dealkylation sites (N-methyl/N-ethyl adjacent to an activating group) is 1. The normalized spacial score (nSPS) is 17.4. The Kier molecular flexibility index (Phi) is 3.14. The minimum atomic E-state index is 0.132. The van der Waals surface area contributed by atoms with E-state index < -0.39 is 0 Å². The van der Waals surface area contributed by atoms with Crippen LogP contribution < -0.4 is 5.32 Å². The zero-order chi connectivity index (χ0) is 8.10. The van der Waals surface area contributed by atoms with Gasteiger partial charge in [-0.25, -0.2) is 0 Å². The predicted octanol–water partition coefficient (Wildman–Crippen LogP) is 1.62. The average Bonchev–Trinajstić information content (AvgIpc) is 2.07. The molecule has 1 aliphatic carbocycles. The lowest BCUT2D eigenvalue weighted by Gasteiger charge is -2.11. The lowest BCUT2D eigenvalue weighted by molar-refractivity contribution is -0.117. The molecule has 11 heavy (non-hydrogen) atoms. The van der Waals surface area contributed by atoms with E-state index in [0.29, 0.717) is 0 Å². The fourth-order valence-corrected chi connectivity index (χ4v) is 1.32. The predicted molar refractivity (Wildman–Crippen MR) is 45.2 cm³/mol. The van der Waals surface area contributed by atoms with Crippen LogP contribution in [0.3, 0.4) is 0 Å². The van der Waals surface area contributed by atoms with E-state index in [4.69, 9.17) is 0 Å². The second-order valence-corrected chi connectivity index (χ2v) is 2.83. The molecule has 0 aromatic heterocycles. The van der Waals surface area contributed by atoms with Crippen LogP contribution >= 0.6 is 0 Å². The lowest BCUT2D eigenvalue weighted by atomic mass is 9.99. The summed E-state index contributed by atoms with van der Waals surface area (Å²) in [6.45, 7) is 2.68. The Morgan fingerprint density at radius 2 is 2.45 bits per heavy atom. The maximum Gasteiger partial charge on any atom is 0.246 e. The molecule has 0 spiro atoms. The molecule has 2 nitrogen and oxygen atoms in total. The number of carbonyl (C=O) groups excluding carboxylic acids is 1. The van der Waals surface area contributed by atoms with E-state index in [9.17, 15) is 4.79 Å². The summed E-state index contributed by atoms with van der Waals surface area (Å²) < 4.78 is 0. The highest BCUT2D eigenvalue weighted by Crippen LogP contribution is 2.16. The Balaban J connectivity index is 2.44. The second kappa shape index (κ2) is 4.16. The smallest absolute Gasteiger partial charge is 0.246 e. The van der Waals surface area contributed by atoms with Gasteiger partial charge in [-0.3, -0.25) is 4.79 Å². The van der Waals surface area contributed by atoms with E-state index in [0.717, 1.165) is 25.0 Å². The van der Waals surface area contributed by atoms with Crippen molar-refractivity contribution in [2.45, 2.75) is 32.6 Å². The van der Waals surface area contributed by atoms with Gasteiger partial charge in [0.05, 0.1) is 0 Å². The average molecular weight is 153 g/mol. The van der Waals surface area contributed by atoms with Gasteiger partial charge in [0.15, 0.2) is 0 Å². The van der Waals surface area contributed by atoms with Crippen LogP contribution in [0, 0.1) is 0 Å².